The summed E-state index contributed by atoms with van der Waals surface area (Å²) in [7, 11) is 20.6. The molecule has 0 aliphatic rings. The number of para-hydroxylation sites is 2. The monoisotopic (exact) mass is 864 g/mol. The Morgan fingerprint density at radius 1 is 0.343 bits per heavy atom. The van der Waals surface area contributed by atoms with Gasteiger partial charge in [0.15, 0.2) is 11.6 Å². The number of nitrogens with zero attached hydrogens (tertiary/aromatic N) is 4. The van der Waals surface area contributed by atoms with Crippen LogP contribution in [-0.4, -0.2) is 90.1 Å². The van der Waals surface area contributed by atoms with Gasteiger partial charge in [0.05, 0.1) is 11.0 Å². The third-order valence-corrected chi connectivity index (χ3v) is 16.6. The molecule has 3 aromatic heterocycles. The molecule has 12 rings (SSSR count). The van der Waals surface area contributed by atoms with Gasteiger partial charge in [-0.15, -0.1) is 33.2 Å². The molecule has 9 aromatic carbocycles. The van der Waals surface area contributed by atoms with Crippen molar-refractivity contribution in [1.29, 1.82) is 0 Å². The second-order valence-corrected chi connectivity index (χ2v) is 19.7. The lowest BCUT2D eigenvalue weighted by Gasteiger charge is -2.21. The van der Waals surface area contributed by atoms with Gasteiger partial charge in [-0.1, -0.05) is 143 Å². The Kier molecular flexibility index (Phi) is 9.67. The highest BCUT2D eigenvalue weighted by Gasteiger charge is 2.27. The molecule has 67 heavy (non-hydrogen) atoms. The van der Waals surface area contributed by atoms with Gasteiger partial charge in [0.25, 0.3) is 0 Å². The lowest BCUT2D eigenvalue weighted by molar-refractivity contribution is 0.955. The van der Waals surface area contributed by atoms with Gasteiger partial charge >= 0.3 is 0 Å². The molecule has 0 fully saturated rings. The highest BCUT2D eigenvalue weighted by Crippen LogP contribution is 2.41. The topological polar surface area (TPSA) is 43.6 Å². The molecule has 0 saturated carbocycles. The van der Waals surface area contributed by atoms with E-state index < -0.39 is 0 Å². The zero-order chi connectivity index (χ0) is 46.0. The first-order chi connectivity index (χ1) is 32.5. The van der Waals surface area contributed by atoms with Gasteiger partial charge in [0, 0.05) is 36.7 Å². The summed E-state index contributed by atoms with van der Waals surface area (Å²) in [6.45, 7) is 0. The predicted octanol–water partition coefficient (Wildman–Crippen LogP) is -1.36. The molecule has 0 N–H and O–H groups in total. The molecule has 0 radical (unpaired) electrons. The largest absolute Gasteiger partial charge is 0.278 e. The van der Waals surface area contributed by atoms with Crippen LogP contribution in [0.5, 0.6) is 0 Å². The van der Waals surface area contributed by atoms with Crippen LogP contribution in [0.2, 0.25) is 0 Å². The fourth-order valence-electron chi connectivity index (χ4n) is 11.0. The van der Waals surface area contributed by atoms with Gasteiger partial charge in [0.2, 0.25) is 5.95 Å². The Morgan fingerprint density at radius 3 is 1.51 bits per heavy atom. The molecule has 0 aliphatic carbocycles. The quantitative estimate of drug-likeness (QED) is 0.201. The van der Waals surface area contributed by atoms with Gasteiger partial charge in [-0.05, 0) is 73.5 Å². The van der Waals surface area contributed by atoms with Crippen molar-refractivity contribution in [2.24, 2.45) is 0 Å². The lowest BCUT2D eigenvalue weighted by atomic mass is 9.62. The molecule has 0 aliphatic heterocycles. The van der Waals surface area contributed by atoms with Crippen LogP contribution in [-0.2, 0) is 0 Å². The number of hydrogen-bond donors (Lipinski definition) is 0. The van der Waals surface area contributed by atoms with E-state index in [1.165, 1.54) is 102 Å². The minimum absolute atomic E-state index is 0.600. The summed E-state index contributed by atoms with van der Waals surface area (Å²) < 4.78 is 4.88. The Morgan fingerprint density at radius 2 is 0.851 bits per heavy atom. The second-order valence-electron chi connectivity index (χ2n) is 18.6. The van der Waals surface area contributed by atoms with E-state index in [0.29, 0.717) is 17.6 Å². The van der Waals surface area contributed by atoms with E-state index in [9.17, 15) is 0 Å². The van der Waals surface area contributed by atoms with E-state index >= 15 is 0 Å². The first-order valence-electron chi connectivity index (χ1n) is 23.3. The van der Waals surface area contributed by atoms with Crippen LogP contribution < -0.4 is 49.2 Å². The molecule has 0 saturated heterocycles. The lowest BCUT2D eigenvalue weighted by Crippen LogP contribution is -2.49. The molecule has 0 atom stereocenters. The van der Waals surface area contributed by atoms with E-state index in [-0.39, 0.29) is 0 Å². The standard InChI is InChI=1S/C53H41B9N4S/c54-40-36-38(43(57)45(59)44(58)41(36)55)49-35(37-42(56)46(60)47(61)48(62)50(37)67-49)39(40)52-63-51(64-53(65-52)66-33-14-5-3-12-31(33)32-13-4-6-15-34(32)66)30-11-7-10-28(23-30)25-16-18-26(19-17-25)29-21-20-24-8-1-2-9-27(24)22-29/h1-23H,54-62H2. The summed E-state index contributed by atoms with van der Waals surface area (Å²) in [5, 5.41) is 10.0. The summed E-state index contributed by atoms with van der Waals surface area (Å²) >= 11 is 1.94. The number of hydrogen-bond acceptors (Lipinski definition) is 4. The van der Waals surface area contributed by atoms with Crippen molar-refractivity contribution in [2.75, 3.05) is 0 Å². The SMILES string of the molecule is Bc1c(B)c(B)c2c(sc3c4c(B)c(B)c(B)c(B)c4c(B)c(-c4nc(-c5cccc(-c6ccc(-c7ccc8ccccc8c7)cc6)c5)nc(-n5c6ccccc6c6ccccc65)n4)c32)c1B. The molecule has 306 valence electrons. The molecule has 3 heterocycles. The minimum Gasteiger partial charge on any atom is -0.278 e. The van der Waals surface area contributed by atoms with Crippen LogP contribution in [0.4, 0.5) is 0 Å². The maximum absolute atomic E-state index is 5.64. The maximum atomic E-state index is 5.64. The van der Waals surface area contributed by atoms with Crippen molar-refractivity contribution in [3.05, 3.63) is 140 Å². The number of fused-ring (bicyclic) bond motifs is 9. The maximum Gasteiger partial charge on any atom is 0.238 e. The third-order valence-electron chi connectivity index (χ3n) is 15.3. The molecule has 0 unspecified atom stereocenters. The second kappa shape index (κ2) is 15.6. The first kappa shape index (κ1) is 41.5. The van der Waals surface area contributed by atoms with Crippen LogP contribution in [0.3, 0.4) is 0 Å². The van der Waals surface area contributed by atoms with Crippen LogP contribution in [0, 0.1) is 0 Å². The molecule has 4 nitrogen and oxygen atoms in total. The summed E-state index contributed by atoms with van der Waals surface area (Å²) in [6.07, 6.45) is 0. The van der Waals surface area contributed by atoms with Crippen molar-refractivity contribution >= 4 is 195 Å². The molecule has 14 heteroatoms. The molecule has 0 amide bonds. The van der Waals surface area contributed by atoms with Crippen molar-refractivity contribution in [1.82, 2.24) is 19.5 Å². The average Bonchev–Trinajstić information content (AvgIpc) is 3.92. The van der Waals surface area contributed by atoms with Gasteiger partial charge in [0.1, 0.15) is 70.6 Å². The van der Waals surface area contributed by atoms with Crippen LogP contribution in [0.15, 0.2) is 140 Å². The third kappa shape index (κ3) is 6.29. The average molecular weight is 863 g/mol. The number of rotatable bonds is 5. The van der Waals surface area contributed by atoms with Crippen molar-refractivity contribution in [2.45, 2.75) is 0 Å². The number of benzene rings is 9. The normalized spacial score (nSPS) is 11.8. The van der Waals surface area contributed by atoms with E-state index in [1.54, 1.807) is 0 Å². The van der Waals surface area contributed by atoms with E-state index in [4.69, 9.17) is 15.0 Å². The van der Waals surface area contributed by atoms with E-state index in [1.807, 2.05) is 11.3 Å². The molecule has 0 bridgehead atoms. The zero-order valence-electron chi connectivity index (χ0n) is 39.5. The highest BCUT2D eigenvalue weighted by molar-refractivity contribution is 7.28. The predicted molar refractivity (Wildman–Crippen MR) is 317 cm³/mol. The molecular weight excluding hydrogens is 822 g/mol. The van der Waals surface area contributed by atoms with E-state index in [0.717, 1.165) is 44.1 Å². The van der Waals surface area contributed by atoms with Crippen LogP contribution in [0.25, 0.3) is 115 Å². The highest BCUT2D eigenvalue weighted by atomic mass is 32.1. The number of thiophene rings is 1. The molecular formula is C53H41B9N4S. The Bertz CT molecular complexity index is 4060. The fourth-order valence-corrected chi connectivity index (χ4v) is 12.5. The van der Waals surface area contributed by atoms with Crippen molar-refractivity contribution in [3.63, 3.8) is 0 Å². The van der Waals surface area contributed by atoms with Gasteiger partial charge in [-0.3, -0.25) is 4.57 Å². The van der Waals surface area contributed by atoms with Gasteiger partial charge in [-0.25, -0.2) is 4.98 Å². The minimum atomic E-state index is 0.600. The Hall–Kier alpha value is -6.89. The van der Waals surface area contributed by atoms with Gasteiger partial charge < -0.3 is 0 Å². The van der Waals surface area contributed by atoms with E-state index in [2.05, 4.69) is 215 Å². The van der Waals surface area contributed by atoms with Crippen LogP contribution in [0.1, 0.15) is 0 Å². The first-order valence-corrected chi connectivity index (χ1v) is 24.1. The number of aromatic nitrogens is 4. The molecule has 12 aromatic rings. The summed E-state index contributed by atoms with van der Waals surface area (Å²) in [5.74, 6) is 1.92. The van der Waals surface area contributed by atoms with Gasteiger partial charge in [-0.2, -0.15) is 9.97 Å². The van der Waals surface area contributed by atoms with Crippen molar-refractivity contribution < 1.29 is 0 Å². The smallest absolute Gasteiger partial charge is 0.238 e. The fraction of sp³-hybridized carbons (Fsp3) is 0. The van der Waals surface area contributed by atoms with Crippen LogP contribution >= 0.6 is 11.3 Å². The van der Waals surface area contributed by atoms with Crippen molar-refractivity contribution in [3.8, 4) is 51.0 Å². The summed E-state index contributed by atoms with van der Waals surface area (Å²) in [6, 6.07) is 50.0. The Labute approximate surface area is 402 Å². The Balaban J connectivity index is 1.14. The summed E-state index contributed by atoms with van der Waals surface area (Å²) in [5.41, 5.74) is 20.7. The zero-order valence-corrected chi connectivity index (χ0v) is 40.3. The molecule has 0 spiro atoms. The summed E-state index contributed by atoms with van der Waals surface area (Å²) in [4.78, 5) is 16.7.